The fraction of sp³-hybridized carbons (Fsp3) is 0. The first-order chi connectivity index (χ1) is 10.0. The molecular formula is C13H8ClN3O4. The van der Waals surface area contributed by atoms with Crippen molar-refractivity contribution >= 4 is 40.1 Å². The van der Waals surface area contributed by atoms with Gasteiger partial charge in [-0.3, -0.25) is 10.1 Å². The molecule has 106 valence electrons. The van der Waals surface area contributed by atoms with E-state index < -0.39 is 4.92 Å². The van der Waals surface area contributed by atoms with Crippen LogP contribution < -0.4 is 5.32 Å². The molecule has 8 heteroatoms. The number of hydrogen-bond donors (Lipinski definition) is 2. The number of nitro benzene ring substituents is 1. The average Bonchev–Trinajstić information content (AvgIpc) is 2.84. The second-order valence-electron chi connectivity index (χ2n) is 4.21. The molecule has 1 heterocycles. The normalized spacial score (nSPS) is 10.7. The van der Waals surface area contributed by atoms with Gasteiger partial charge in [-0.2, -0.15) is 4.98 Å². The molecule has 0 radical (unpaired) electrons. The number of non-ortho nitro benzene ring substituents is 1. The Morgan fingerprint density at radius 3 is 2.86 bits per heavy atom. The third-order valence-electron chi connectivity index (χ3n) is 2.78. The van der Waals surface area contributed by atoms with Gasteiger partial charge >= 0.3 is 0 Å². The van der Waals surface area contributed by atoms with Crippen molar-refractivity contribution in [1.82, 2.24) is 4.98 Å². The summed E-state index contributed by atoms with van der Waals surface area (Å²) < 4.78 is 5.38. The van der Waals surface area contributed by atoms with Crippen molar-refractivity contribution in [1.29, 1.82) is 0 Å². The summed E-state index contributed by atoms with van der Waals surface area (Å²) in [6.45, 7) is 0. The molecule has 7 nitrogen and oxygen atoms in total. The highest BCUT2D eigenvalue weighted by atomic mass is 35.5. The topological polar surface area (TPSA) is 101 Å². The number of rotatable bonds is 3. The number of phenolic OH excluding ortho intramolecular Hbond substituents is 1. The van der Waals surface area contributed by atoms with E-state index in [9.17, 15) is 15.2 Å². The molecule has 0 aliphatic rings. The molecule has 1 aromatic heterocycles. The number of nitro groups is 1. The third-order valence-corrected chi connectivity index (χ3v) is 3.02. The third kappa shape index (κ3) is 2.59. The number of nitrogens with zero attached hydrogens (tertiary/aromatic N) is 2. The minimum atomic E-state index is -0.516. The minimum absolute atomic E-state index is 0.0207. The number of phenols is 1. The second kappa shape index (κ2) is 4.95. The van der Waals surface area contributed by atoms with Gasteiger partial charge in [-0.1, -0.05) is 11.6 Å². The Labute approximate surface area is 122 Å². The molecule has 0 saturated heterocycles. The molecule has 2 aromatic carbocycles. The maximum atomic E-state index is 10.7. The van der Waals surface area contributed by atoms with Crippen molar-refractivity contribution in [2.24, 2.45) is 0 Å². The number of aromatic hydroxyl groups is 1. The highest BCUT2D eigenvalue weighted by Crippen LogP contribution is 2.31. The number of benzene rings is 2. The SMILES string of the molecule is O=[N+]([O-])c1ccc2nc(Nc3cc(Cl)ccc3O)oc2c1. The van der Waals surface area contributed by atoms with Crippen molar-refractivity contribution in [3.63, 3.8) is 0 Å². The fourth-order valence-corrected chi connectivity index (χ4v) is 1.98. The van der Waals surface area contributed by atoms with E-state index in [1.54, 1.807) is 0 Å². The maximum Gasteiger partial charge on any atom is 0.300 e. The largest absolute Gasteiger partial charge is 0.506 e. The molecule has 21 heavy (non-hydrogen) atoms. The maximum absolute atomic E-state index is 10.7. The summed E-state index contributed by atoms with van der Waals surface area (Å²) in [5, 5.41) is 23.6. The number of hydrogen-bond acceptors (Lipinski definition) is 6. The van der Waals surface area contributed by atoms with Gasteiger partial charge in [-0.15, -0.1) is 0 Å². The summed E-state index contributed by atoms with van der Waals surface area (Å²) in [7, 11) is 0. The summed E-state index contributed by atoms with van der Waals surface area (Å²) >= 11 is 5.84. The Morgan fingerprint density at radius 2 is 2.10 bits per heavy atom. The number of fused-ring (bicyclic) bond motifs is 1. The fourth-order valence-electron chi connectivity index (χ4n) is 1.80. The van der Waals surface area contributed by atoms with Gasteiger partial charge in [0.25, 0.3) is 11.7 Å². The lowest BCUT2D eigenvalue weighted by atomic mass is 10.3. The molecular weight excluding hydrogens is 298 g/mol. The zero-order valence-corrected chi connectivity index (χ0v) is 11.2. The highest BCUT2D eigenvalue weighted by Gasteiger charge is 2.12. The molecule has 0 unspecified atom stereocenters. The molecule has 0 fully saturated rings. The monoisotopic (exact) mass is 305 g/mol. The summed E-state index contributed by atoms with van der Waals surface area (Å²) in [4.78, 5) is 14.3. The van der Waals surface area contributed by atoms with Crippen LogP contribution in [-0.2, 0) is 0 Å². The van der Waals surface area contributed by atoms with E-state index in [-0.39, 0.29) is 23.0 Å². The van der Waals surface area contributed by atoms with Crippen molar-refractivity contribution in [3.8, 4) is 5.75 Å². The van der Waals surface area contributed by atoms with Gasteiger partial charge in [-0.25, -0.2) is 0 Å². The molecule has 0 saturated carbocycles. The van der Waals surface area contributed by atoms with Crippen molar-refractivity contribution in [2.75, 3.05) is 5.32 Å². The van der Waals surface area contributed by atoms with Crippen LogP contribution in [0.2, 0.25) is 5.02 Å². The number of nitrogens with one attached hydrogen (secondary N) is 1. The number of oxazole rings is 1. The molecule has 0 aliphatic heterocycles. The zero-order valence-electron chi connectivity index (χ0n) is 10.4. The van der Waals surface area contributed by atoms with E-state index in [1.807, 2.05) is 0 Å². The standard InChI is InChI=1S/C13H8ClN3O4/c14-7-1-4-11(18)10(5-7)16-13-15-9-3-2-8(17(19)20)6-12(9)21-13/h1-6,18H,(H,15,16). The quantitative estimate of drug-likeness (QED) is 0.433. The predicted molar refractivity (Wildman–Crippen MR) is 77.1 cm³/mol. The van der Waals surface area contributed by atoms with Gasteiger partial charge in [0.05, 0.1) is 16.7 Å². The van der Waals surface area contributed by atoms with Crippen molar-refractivity contribution < 1.29 is 14.4 Å². The van der Waals surface area contributed by atoms with E-state index >= 15 is 0 Å². The molecule has 0 amide bonds. The van der Waals surface area contributed by atoms with E-state index in [2.05, 4.69) is 10.3 Å². The van der Waals surface area contributed by atoms with Crippen LogP contribution in [0.3, 0.4) is 0 Å². The van der Waals surface area contributed by atoms with Crippen LogP contribution in [0.25, 0.3) is 11.1 Å². The van der Waals surface area contributed by atoms with E-state index in [0.717, 1.165) is 0 Å². The molecule has 0 aliphatic carbocycles. The first-order valence-corrected chi connectivity index (χ1v) is 6.21. The Balaban J connectivity index is 1.97. The van der Waals surface area contributed by atoms with Crippen LogP contribution in [0.15, 0.2) is 40.8 Å². The Kier molecular flexibility index (Phi) is 3.11. The number of halogens is 1. The van der Waals surface area contributed by atoms with Crippen LogP contribution >= 0.6 is 11.6 Å². The van der Waals surface area contributed by atoms with E-state index in [4.69, 9.17) is 16.0 Å². The first-order valence-electron chi connectivity index (χ1n) is 5.83. The van der Waals surface area contributed by atoms with Gasteiger partial charge in [0.2, 0.25) is 0 Å². The number of aromatic nitrogens is 1. The highest BCUT2D eigenvalue weighted by molar-refractivity contribution is 6.30. The minimum Gasteiger partial charge on any atom is -0.506 e. The van der Waals surface area contributed by atoms with E-state index in [0.29, 0.717) is 16.2 Å². The lowest BCUT2D eigenvalue weighted by molar-refractivity contribution is -0.384. The van der Waals surface area contributed by atoms with Crippen LogP contribution in [0.4, 0.5) is 17.4 Å². The van der Waals surface area contributed by atoms with Gasteiger partial charge in [0.15, 0.2) is 5.58 Å². The smallest absolute Gasteiger partial charge is 0.300 e. The van der Waals surface area contributed by atoms with Gasteiger partial charge < -0.3 is 14.8 Å². The lowest BCUT2D eigenvalue weighted by Crippen LogP contribution is -1.90. The molecule has 0 spiro atoms. The van der Waals surface area contributed by atoms with E-state index in [1.165, 1.54) is 36.4 Å². The Morgan fingerprint density at radius 1 is 1.29 bits per heavy atom. The van der Waals surface area contributed by atoms with Gasteiger partial charge in [0.1, 0.15) is 11.3 Å². The van der Waals surface area contributed by atoms with Crippen molar-refractivity contribution in [2.45, 2.75) is 0 Å². The zero-order chi connectivity index (χ0) is 15.0. The predicted octanol–water partition coefficient (Wildman–Crippen LogP) is 3.84. The number of anilines is 2. The van der Waals surface area contributed by atoms with Gasteiger partial charge in [0, 0.05) is 11.1 Å². The Bertz CT molecular complexity index is 847. The lowest BCUT2D eigenvalue weighted by Gasteiger charge is -2.04. The van der Waals surface area contributed by atoms with Crippen molar-refractivity contribution in [3.05, 3.63) is 51.5 Å². The first kappa shape index (κ1) is 13.2. The summed E-state index contributed by atoms with van der Waals surface area (Å²) in [5.41, 5.74) is 0.970. The molecule has 3 aromatic rings. The van der Waals surface area contributed by atoms with Crippen LogP contribution in [0.5, 0.6) is 5.75 Å². The van der Waals surface area contributed by atoms with Crippen LogP contribution in [-0.4, -0.2) is 15.0 Å². The van der Waals surface area contributed by atoms with Crippen LogP contribution in [0, 0.1) is 10.1 Å². The molecule has 0 atom stereocenters. The summed E-state index contributed by atoms with van der Waals surface area (Å²) in [5.74, 6) is -0.0207. The van der Waals surface area contributed by atoms with Crippen LogP contribution in [0.1, 0.15) is 0 Å². The average molecular weight is 306 g/mol. The summed E-state index contributed by atoms with van der Waals surface area (Å²) in [6, 6.07) is 8.68. The molecule has 3 rings (SSSR count). The van der Waals surface area contributed by atoms with Gasteiger partial charge in [-0.05, 0) is 24.3 Å². The molecule has 0 bridgehead atoms. The Hall–Kier alpha value is -2.80. The molecule has 2 N–H and O–H groups in total. The second-order valence-corrected chi connectivity index (χ2v) is 4.65. The summed E-state index contributed by atoms with van der Waals surface area (Å²) in [6.07, 6.45) is 0.